The highest BCUT2D eigenvalue weighted by molar-refractivity contribution is 6.20. The van der Waals surface area contributed by atoms with Gasteiger partial charge >= 0.3 is 0 Å². The Kier molecular flexibility index (Phi) is 4.39. The minimum Gasteiger partial charge on any atom is -0.497 e. The van der Waals surface area contributed by atoms with Crippen molar-refractivity contribution >= 4 is 22.6 Å². The van der Waals surface area contributed by atoms with Gasteiger partial charge in [-0.2, -0.15) is 0 Å². The third kappa shape index (κ3) is 2.89. The predicted octanol–water partition coefficient (Wildman–Crippen LogP) is 5.24. The molecule has 1 aromatic carbocycles. The zero-order valence-electron chi connectivity index (χ0n) is 12.8. The summed E-state index contributed by atoms with van der Waals surface area (Å²) in [6.07, 6.45) is 7.73. The molecule has 1 atom stereocenters. The molecule has 1 fully saturated rings. The van der Waals surface area contributed by atoms with E-state index >= 15 is 0 Å². The van der Waals surface area contributed by atoms with Gasteiger partial charge in [-0.1, -0.05) is 25.7 Å². The molecule has 1 saturated carbocycles. The number of halogens is 1. The first kappa shape index (κ1) is 14.7. The standard InChI is InChI=1S/C17H23ClN2O/c1-12(18)17-19-15-10-9-14(21-2)11-16(15)20(17)13-7-5-3-4-6-8-13/h9-13H,3-8H2,1-2H3. The van der Waals surface area contributed by atoms with Crippen LogP contribution in [0.15, 0.2) is 18.2 Å². The molecule has 1 aliphatic carbocycles. The summed E-state index contributed by atoms with van der Waals surface area (Å²) in [6, 6.07) is 6.61. The molecule has 1 aromatic heterocycles. The molecule has 2 aromatic rings. The topological polar surface area (TPSA) is 27.1 Å². The number of hydrogen-bond acceptors (Lipinski definition) is 2. The van der Waals surface area contributed by atoms with Gasteiger partial charge < -0.3 is 9.30 Å². The van der Waals surface area contributed by atoms with Crippen LogP contribution in [0.4, 0.5) is 0 Å². The van der Waals surface area contributed by atoms with Crippen molar-refractivity contribution < 1.29 is 4.74 Å². The number of rotatable bonds is 3. The molecule has 1 aliphatic rings. The quantitative estimate of drug-likeness (QED) is 0.573. The number of alkyl halides is 1. The summed E-state index contributed by atoms with van der Waals surface area (Å²) in [4.78, 5) is 4.77. The molecule has 0 bridgehead atoms. The van der Waals surface area contributed by atoms with E-state index in [-0.39, 0.29) is 5.38 Å². The first-order valence-electron chi connectivity index (χ1n) is 7.90. The lowest BCUT2D eigenvalue weighted by Crippen LogP contribution is -2.12. The summed E-state index contributed by atoms with van der Waals surface area (Å²) in [7, 11) is 1.71. The average molecular weight is 307 g/mol. The Bertz CT molecular complexity index is 613. The van der Waals surface area contributed by atoms with Gasteiger partial charge in [-0.15, -0.1) is 11.6 Å². The molecule has 3 nitrogen and oxygen atoms in total. The molecule has 0 N–H and O–H groups in total. The van der Waals surface area contributed by atoms with Crippen molar-refractivity contribution in [2.45, 2.75) is 56.9 Å². The van der Waals surface area contributed by atoms with Crippen molar-refractivity contribution in [2.24, 2.45) is 0 Å². The number of methoxy groups -OCH3 is 1. The zero-order chi connectivity index (χ0) is 14.8. The Balaban J connectivity index is 2.13. The average Bonchev–Trinajstić information content (AvgIpc) is 2.67. The van der Waals surface area contributed by atoms with Gasteiger partial charge in [0.2, 0.25) is 0 Å². The van der Waals surface area contributed by atoms with E-state index in [2.05, 4.69) is 10.6 Å². The van der Waals surface area contributed by atoms with Crippen molar-refractivity contribution in [1.82, 2.24) is 9.55 Å². The van der Waals surface area contributed by atoms with Crippen LogP contribution in [0, 0.1) is 0 Å². The fraction of sp³-hybridized carbons (Fsp3) is 0.588. The largest absolute Gasteiger partial charge is 0.497 e. The van der Waals surface area contributed by atoms with Gasteiger partial charge in [0.25, 0.3) is 0 Å². The Hall–Kier alpha value is -1.22. The molecule has 0 radical (unpaired) electrons. The third-order valence-electron chi connectivity index (χ3n) is 4.47. The second-order valence-corrected chi connectivity index (χ2v) is 6.61. The molecule has 21 heavy (non-hydrogen) atoms. The third-order valence-corrected chi connectivity index (χ3v) is 4.66. The van der Waals surface area contributed by atoms with Crippen LogP contribution in [0.2, 0.25) is 0 Å². The van der Waals surface area contributed by atoms with E-state index in [4.69, 9.17) is 21.3 Å². The van der Waals surface area contributed by atoms with Gasteiger partial charge in [0.1, 0.15) is 11.6 Å². The molecule has 0 saturated heterocycles. The van der Waals surface area contributed by atoms with E-state index in [1.807, 2.05) is 19.1 Å². The van der Waals surface area contributed by atoms with Crippen LogP contribution in [0.3, 0.4) is 0 Å². The lowest BCUT2D eigenvalue weighted by atomic mass is 10.1. The molecule has 0 aliphatic heterocycles. The van der Waals surface area contributed by atoms with Crippen LogP contribution in [-0.2, 0) is 0 Å². The molecule has 1 heterocycles. The smallest absolute Gasteiger partial charge is 0.127 e. The van der Waals surface area contributed by atoms with E-state index in [1.54, 1.807) is 7.11 Å². The molecule has 4 heteroatoms. The van der Waals surface area contributed by atoms with Crippen molar-refractivity contribution in [3.05, 3.63) is 24.0 Å². The number of benzene rings is 1. The monoisotopic (exact) mass is 306 g/mol. The lowest BCUT2D eigenvalue weighted by Gasteiger charge is -2.21. The van der Waals surface area contributed by atoms with Crippen molar-refractivity contribution in [1.29, 1.82) is 0 Å². The van der Waals surface area contributed by atoms with Crippen LogP contribution in [0.1, 0.15) is 62.7 Å². The fourth-order valence-electron chi connectivity index (χ4n) is 3.40. The summed E-state index contributed by atoms with van der Waals surface area (Å²) in [5, 5.41) is -0.0772. The fourth-order valence-corrected chi connectivity index (χ4v) is 3.55. The highest BCUT2D eigenvalue weighted by Gasteiger charge is 2.23. The van der Waals surface area contributed by atoms with Gasteiger partial charge in [0, 0.05) is 12.1 Å². The normalized spacial score (nSPS) is 18.6. The summed E-state index contributed by atoms with van der Waals surface area (Å²) >= 11 is 6.40. The molecular formula is C17H23ClN2O. The van der Waals surface area contributed by atoms with E-state index in [1.165, 1.54) is 38.5 Å². The van der Waals surface area contributed by atoms with Gasteiger partial charge in [-0.3, -0.25) is 0 Å². The highest BCUT2D eigenvalue weighted by Crippen LogP contribution is 2.35. The molecule has 3 rings (SSSR count). The van der Waals surface area contributed by atoms with Gasteiger partial charge in [0.15, 0.2) is 0 Å². The van der Waals surface area contributed by atoms with Crippen LogP contribution in [0.25, 0.3) is 11.0 Å². The highest BCUT2D eigenvalue weighted by atomic mass is 35.5. The minimum atomic E-state index is -0.0772. The first-order valence-corrected chi connectivity index (χ1v) is 8.34. The summed E-state index contributed by atoms with van der Waals surface area (Å²) in [5.74, 6) is 1.87. The number of aromatic nitrogens is 2. The van der Waals surface area contributed by atoms with Gasteiger partial charge in [-0.05, 0) is 31.9 Å². The maximum absolute atomic E-state index is 6.40. The van der Waals surface area contributed by atoms with Crippen LogP contribution < -0.4 is 4.74 Å². The van der Waals surface area contributed by atoms with Crippen molar-refractivity contribution in [3.8, 4) is 5.75 Å². The van der Waals surface area contributed by atoms with E-state index in [0.29, 0.717) is 6.04 Å². The van der Waals surface area contributed by atoms with Crippen LogP contribution in [-0.4, -0.2) is 16.7 Å². The SMILES string of the molecule is COc1ccc2nc(C(C)Cl)n(C3CCCCCC3)c2c1. The Morgan fingerprint density at radius 2 is 1.95 bits per heavy atom. The van der Waals surface area contributed by atoms with Crippen LogP contribution >= 0.6 is 11.6 Å². The Morgan fingerprint density at radius 1 is 1.24 bits per heavy atom. The number of imidazole rings is 1. The van der Waals surface area contributed by atoms with Crippen molar-refractivity contribution in [3.63, 3.8) is 0 Å². The zero-order valence-corrected chi connectivity index (χ0v) is 13.6. The number of nitrogens with zero attached hydrogens (tertiary/aromatic N) is 2. The van der Waals surface area contributed by atoms with Crippen molar-refractivity contribution in [2.75, 3.05) is 7.11 Å². The predicted molar refractivity (Wildman–Crippen MR) is 87.3 cm³/mol. The van der Waals surface area contributed by atoms with Gasteiger partial charge in [0.05, 0.1) is 23.5 Å². The molecule has 1 unspecified atom stereocenters. The van der Waals surface area contributed by atoms with E-state index in [9.17, 15) is 0 Å². The number of fused-ring (bicyclic) bond motifs is 1. The molecule has 114 valence electrons. The lowest BCUT2D eigenvalue weighted by molar-refractivity contribution is 0.413. The summed E-state index contributed by atoms with van der Waals surface area (Å²) in [6.45, 7) is 2.01. The maximum Gasteiger partial charge on any atom is 0.127 e. The Morgan fingerprint density at radius 3 is 2.57 bits per heavy atom. The molecular weight excluding hydrogens is 284 g/mol. The number of hydrogen-bond donors (Lipinski definition) is 0. The van der Waals surface area contributed by atoms with E-state index < -0.39 is 0 Å². The van der Waals surface area contributed by atoms with Crippen LogP contribution in [0.5, 0.6) is 5.75 Å². The summed E-state index contributed by atoms with van der Waals surface area (Å²) in [5.41, 5.74) is 2.17. The Labute approximate surface area is 131 Å². The van der Waals surface area contributed by atoms with E-state index in [0.717, 1.165) is 22.6 Å². The first-order chi connectivity index (χ1) is 10.2. The second kappa shape index (κ2) is 6.27. The second-order valence-electron chi connectivity index (χ2n) is 5.96. The summed E-state index contributed by atoms with van der Waals surface area (Å²) < 4.78 is 7.76. The maximum atomic E-state index is 6.40. The minimum absolute atomic E-state index is 0.0772. The molecule has 0 amide bonds. The van der Waals surface area contributed by atoms with Gasteiger partial charge in [-0.25, -0.2) is 4.98 Å². The molecule has 0 spiro atoms. The number of ether oxygens (including phenoxy) is 1.